The van der Waals surface area contributed by atoms with Gasteiger partial charge in [-0.25, -0.2) is 0 Å². The van der Waals surface area contributed by atoms with Gasteiger partial charge in [0.05, 0.1) is 27.6 Å². The predicted molar refractivity (Wildman–Crippen MR) is 325 cm³/mol. The molecule has 4 heteroatoms. The third-order valence-corrected chi connectivity index (χ3v) is 20.8. The average molecular weight is 984 g/mol. The lowest BCUT2D eigenvalue weighted by molar-refractivity contribution is 1.18. The molecule has 3 heterocycles. The Bertz CT molecular complexity index is 4350. The molecule has 0 aliphatic heterocycles. The zero-order chi connectivity index (χ0) is 50.2. The lowest BCUT2D eigenvalue weighted by atomic mass is 10.0. The summed E-state index contributed by atoms with van der Waals surface area (Å²) in [5.41, 5.74) is 15.3. The molecule has 0 spiro atoms. The molecule has 0 bridgehead atoms. The summed E-state index contributed by atoms with van der Waals surface area (Å²) in [6, 6.07) is 110. The molecule has 0 unspecified atom stereocenters. The van der Waals surface area contributed by atoms with Gasteiger partial charge in [-0.15, -0.1) is 0 Å². The van der Waals surface area contributed by atoms with E-state index in [0.717, 1.165) is 22.7 Å². The van der Waals surface area contributed by atoms with Crippen LogP contribution in [0.4, 0.5) is 17.1 Å². The predicted octanol–water partition coefficient (Wildman–Crippen LogP) is 16.1. The molecule has 76 heavy (non-hydrogen) atoms. The van der Waals surface area contributed by atoms with E-state index in [4.69, 9.17) is 0 Å². The van der Waals surface area contributed by atoms with Crippen molar-refractivity contribution in [1.29, 1.82) is 0 Å². The van der Waals surface area contributed by atoms with Crippen molar-refractivity contribution in [1.82, 2.24) is 8.97 Å². The summed E-state index contributed by atoms with van der Waals surface area (Å²) in [6.45, 7) is 0. The van der Waals surface area contributed by atoms with Crippen LogP contribution in [-0.4, -0.2) is 17.0 Å². The molecule has 0 N–H and O–H groups in total. The maximum Gasteiger partial charge on any atom is 0.179 e. The number of nitrogens with zero attached hydrogens (tertiary/aromatic N) is 3. The standard InChI is InChI=1S/C72H49N3Si/c1-4-18-58(19-5-1)76(59-20-6-2-7-21-59,60-22-8-3-9-23-60)61-46-38-53(39-47-61)52-34-42-55(43-35-52)73(57-48-66-64-26-12-16-30-70(64)75-71-31-17-13-27-65(71)67(49-57)72(66)75)54-40-32-50(33-41-54)51-36-44-56(45-37-51)74-68-28-14-10-24-62(68)63-25-11-15-29-69(63)74/h1-49H. The minimum atomic E-state index is -2.65. The molecule has 0 fully saturated rings. The van der Waals surface area contributed by atoms with Gasteiger partial charge in [0.1, 0.15) is 0 Å². The van der Waals surface area contributed by atoms with Crippen molar-refractivity contribution in [2.24, 2.45) is 0 Å². The molecule has 356 valence electrons. The van der Waals surface area contributed by atoms with Gasteiger partial charge in [-0.2, -0.15) is 0 Å². The van der Waals surface area contributed by atoms with E-state index >= 15 is 0 Å². The van der Waals surface area contributed by atoms with Crippen molar-refractivity contribution in [3.05, 3.63) is 297 Å². The fourth-order valence-corrected chi connectivity index (χ4v) is 17.3. The van der Waals surface area contributed by atoms with Crippen LogP contribution in [0.2, 0.25) is 0 Å². The third kappa shape index (κ3) is 6.81. The van der Waals surface area contributed by atoms with Crippen molar-refractivity contribution < 1.29 is 0 Å². The second kappa shape index (κ2) is 17.7. The van der Waals surface area contributed by atoms with Gasteiger partial charge in [0.15, 0.2) is 8.07 Å². The van der Waals surface area contributed by atoms with Crippen molar-refractivity contribution in [2.45, 2.75) is 0 Å². The summed E-state index contributed by atoms with van der Waals surface area (Å²) in [5, 5.41) is 13.0. The Labute approximate surface area is 442 Å². The highest BCUT2D eigenvalue weighted by atomic mass is 28.3. The Morgan fingerprint density at radius 2 is 0.566 bits per heavy atom. The van der Waals surface area contributed by atoms with E-state index < -0.39 is 8.07 Å². The summed E-state index contributed by atoms with van der Waals surface area (Å²) >= 11 is 0. The summed E-state index contributed by atoms with van der Waals surface area (Å²) in [6.07, 6.45) is 0. The molecule has 0 atom stereocenters. The largest absolute Gasteiger partial charge is 0.310 e. The Balaban J connectivity index is 0.831. The Morgan fingerprint density at radius 3 is 0.974 bits per heavy atom. The van der Waals surface area contributed by atoms with Gasteiger partial charge in [0.2, 0.25) is 0 Å². The van der Waals surface area contributed by atoms with Crippen LogP contribution in [0.15, 0.2) is 297 Å². The molecule has 0 aliphatic rings. The summed E-state index contributed by atoms with van der Waals surface area (Å²) < 4.78 is 4.83. The number of hydrogen-bond acceptors (Lipinski definition) is 1. The third-order valence-electron chi connectivity index (χ3n) is 16.0. The Kier molecular flexibility index (Phi) is 10.2. The van der Waals surface area contributed by atoms with Crippen molar-refractivity contribution in [3.8, 4) is 27.9 Å². The highest BCUT2D eigenvalue weighted by Gasteiger charge is 2.41. The lowest BCUT2D eigenvalue weighted by Crippen LogP contribution is -2.74. The summed E-state index contributed by atoms with van der Waals surface area (Å²) in [4.78, 5) is 2.44. The van der Waals surface area contributed by atoms with Gasteiger partial charge >= 0.3 is 0 Å². The van der Waals surface area contributed by atoms with Crippen molar-refractivity contribution >= 4 is 106 Å². The van der Waals surface area contributed by atoms with E-state index in [9.17, 15) is 0 Å². The van der Waals surface area contributed by atoms with Gasteiger partial charge in [-0.3, -0.25) is 0 Å². The number of anilines is 3. The first-order chi connectivity index (χ1) is 37.7. The molecule has 0 amide bonds. The van der Waals surface area contributed by atoms with Crippen LogP contribution in [0.3, 0.4) is 0 Å². The molecule has 0 saturated heterocycles. The van der Waals surface area contributed by atoms with Crippen LogP contribution in [0, 0.1) is 0 Å². The average Bonchev–Trinajstić information content (AvgIpc) is 4.20. The van der Waals surface area contributed by atoms with E-state index in [2.05, 4.69) is 311 Å². The van der Waals surface area contributed by atoms with Gasteiger partial charge < -0.3 is 13.9 Å². The van der Waals surface area contributed by atoms with Crippen LogP contribution in [0.5, 0.6) is 0 Å². The molecule has 0 saturated carbocycles. The SMILES string of the molecule is c1ccc([Si](c2ccccc2)(c2ccccc2)c2ccc(-c3ccc(N(c4ccc(-c5ccc(-n6c7ccccc7c7ccccc76)cc5)cc4)c4cc5c6ccccc6n6c7ccccc7c(c4)c56)cc3)cc2)cc1. The van der Waals surface area contributed by atoms with E-state index in [1.54, 1.807) is 0 Å². The zero-order valence-electron chi connectivity index (χ0n) is 41.6. The van der Waals surface area contributed by atoms with Crippen molar-refractivity contribution in [3.63, 3.8) is 0 Å². The highest BCUT2D eigenvalue weighted by Crippen LogP contribution is 2.45. The number of hydrogen-bond donors (Lipinski definition) is 0. The number of fused-ring (bicyclic) bond motifs is 9. The molecule has 0 aliphatic carbocycles. The number of aromatic nitrogens is 2. The molecule has 0 radical (unpaired) electrons. The van der Waals surface area contributed by atoms with Crippen LogP contribution >= 0.6 is 0 Å². The van der Waals surface area contributed by atoms with E-state index in [0.29, 0.717) is 0 Å². The van der Waals surface area contributed by atoms with Crippen LogP contribution in [0.25, 0.3) is 87.8 Å². The van der Waals surface area contributed by atoms with E-state index in [1.165, 1.54) is 103 Å². The Morgan fingerprint density at radius 1 is 0.250 bits per heavy atom. The van der Waals surface area contributed by atoms with E-state index in [1.807, 2.05) is 0 Å². The minimum absolute atomic E-state index is 1.09. The zero-order valence-corrected chi connectivity index (χ0v) is 42.6. The van der Waals surface area contributed by atoms with E-state index in [-0.39, 0.29) is 0 Å². The highest BCUT2D eigenvalue weighted by molar-refractivity contribution is 7.19. The molecular weight excluding hydrogens is 935 g/mol. The van der Waals surface area contributed by atoms with Crippen LogP contribution in [0.1, 0.15) is 0 Å². The van der Waals surface area contributed by atoms with Crippen molar-refractivity contribution in [2.75, 3.05) is 4.90 Å². The molecule has 15 rings (SSSR count). The maximum absolute atomic E-state index is 2.65. The second-order valence-corrected chi connectivity index (χ2v) is 23.8. The first kappa shape index (κ1) is 43.8. The van der Waals surface area contributed by atoms with Crippen LogP contribution < -0.4 is 25.6 Å². The first-order valence-corrected chi connectivity index (χ1v) is 28.2. The summed E-state index contributed by atoms with van der Waals surface area (Å²) in [5.74, 6) is 0. The normalized spacial score (nSPS) is 11.9. The van der Waals surface area contributed by atoms with Gasteiger partial charge in [-0.05, 0) is 116 Å². The topological polar surface area (TPSA) is 12.6 Å². The monoisotopic (exact) mass is 983 g/mol. The number of rotatable bonds is 10. The van der Waals surface area contributed by atoms with Gasteiger partial charge in [0, 0.05) is 55.1 Å². The maximum atomic E-state index is 2.46. The number of benzene rings is 12. The fraction of sp³-hybridized carbons (Fsp3) is 0. The molecule has 3 nitrogen and oxygen atoms in total. The van der Waals surface area contributed by atoms with Gasteiger partial charge in [0.25, 0.3) is 0 Å². The molecule has 3 aromatic heterocycles. The van der Waals surface area contributed by atoms with Crippen LogP contribution in [-0.2, 0) is 0 Å². The molecular formula is C72H49N3Si. The Hall–Kier alpha value is -9.74. The first-order valence-electron chi connectivity index (χ1n) is 26.2. The smallest absolute Gasteiger partial charge is 0.179 e. The minimum Gasteiger partial charge on any atom is -0.310 e. The number of para-hydroxylation sites is 4. The molecule has 12 aromatic carbocycles. The summed E-state index contributed by atoms with van der Waals surface area (Å²) in [7, 11) is -2.65. The fourth-order valence-electron chi connectivity index (χ4n) is 12.6. The second-order valence-electron chi connectivity index (χ2n) is 20.0. The quantitative estimate of drug-likeness (QED) is 0.0983. The lowest BCUT2D eigenvalue weighted by Gasteiger charge is -2.34. The molecule has 15 aromatic rings. The van der Waals surface area contributed by atoms with Gasteiger partial charge in [-0.1, -0.05) is 224 Å².